The Morgan fingerprint density at radius 3 is 2.72 bits per heavy atom. The van der Waals surface area contributed by atoms with E-state index in [1.165, 1.54) is 0 Å². The Hall–Kier alpha value is -2.45. The second-order valence-electron chi connectivity index (χ2n) is 7.01. The maximum absolute atomic E-state index is 12.7. The molecule has 0 fully saturated rings. The van der Waals surface area contributed by atoms with E-state index >= 15 is 0 Å². The molecule has 0 aliphatic carbocycles. The second-order valence-corrected chi connectivity index (χ2v) is 7.92. The fraction of sp³-hybridized carbons (Fsp3) is 0.381. The second kappa shape index (κ2) is 8.92. The molecule has 1 aliphatic heterocycles. The largest absolute Gasteiger partial charge is 0.358 e. The Bertz CT molecular complexity index is 976. The molecule has 3 heterocycles. The standard InChI is InChI=1S/C21H26BrN5O2/c1-5-27(6-2)8-7-23-21(29)18-12(3)17(25-13(18)4)10-16-15-9-14(22)11-24-19(15)26-20(16)28/h9-11,25H,5-8H2,1-4H3,(H,23,29)(H,24,26,28)/b16-10-. The van der Waals surface area contributed by atoms with Crippen molar-refractivity contribution in [3.8, 4) is 0 Å². The lowest BCUT2D eigenvalue weighted by molar-refractivity contribution is -0.110. The normalized spacial score (nSPS) is 14.4. The van der Waals surface area contributed by atoms with E-state index in [0.29, 0.717) is 23.5 Å². The molecule has 0 spiro atoms. The van der Waals surface area contributed by atoms with Gasteiger partial charge in [0, 0.05) is 40.7 Å². The van der Waals surface area contributed by atoms with Gasteiger partial charge < -0.3 is 20.5 Å². The topological polar surface area (TPSA) is 90.1 Å². The van der Waals surface area contributed by atoms with Crippen LogP contribution in [0.25, 0.3) is 11.6 Å². The monoisotopic (exact) mass is 459 g/mol. The van der Waals surface area contributed by atoms with Crippen LogP contribution < -0.4 is 10.6 Å². The molecule has 0 unspecified atom stereocenters. The van der Waals surface area contributed by atoms with Gasteiger partial charge in [-0.3, -0.25) is 9.59 Å². The third-order valence-corrected chi connectivity index (χ3v) is 5.65. The maximum Gasteiger partial charge on any atom is 0.257 e. The minimum Gasteiger partial charge on any atom is -0.358 e. The van der Waals surface area contributed by atoms with Gasteiger partial charge in [-0.25, -0.2) is 4.98 Å². The molecular weight excluding hydrogens is 434 g/mol. The zero-order valence-electron chi connectivity index (χ0n) is 17.1. The average Bonchev–Trinajstić information content (AvgIpc) is 3.14. The molecule has 2 aromatic heterocycles. The molecule has 29 heavy (non-hydrogen) atoms. The number of H-pyrrole nitrogens is 1. The van der Waals surface area contributed by atoms with Gasteiger partial charge in [-0.2, -0.15) is 0 Å². The Labute approximate surface area is 179 Å². The summed E-state index contributed by atoms with van der Waals surface area (Å²) in [7, 11) is 0. The number of aromatic nitrogens is 2. The number of amides is 2. The van der Waals surface area contributed by atoms with E-state index in [-0.39, 0.29) is 11.8 Å². The number of rotatable bonds is 7. The number of carbonyl (C=O) groups excluding carboxylic acids is 2. The highest BCUT2D eigenvalue weighted by Gasteiger charge is 2.27. The van der Waals surface area contributed by atoms with Crippen molar-refractivity contribution in [3.05, 3.63) is 44.8 Å². The third-order valence-electron chi connectivity index (χ3n) is 5.22. The summed E-state index contributed by atoms with van der Waals surface area (Å²) in [4.78, 5) is 34.9. The third kappa shape index (κ3) is 4.43. The zero-order valence-corrected chi connectivity index (χ0v) is 18.7. The SMILES string of the molecule is CCN(CC)CCNC(=O)c1c(C)[nH]c(/C=C2\C(=O)Nc3ncc(Br)cc32)c1C. The van der Waals surface area contributed by atoms with E-state index in [4.69, 9.17) is 0 Å². The van der Waals surface area contributed by atoms with E-state index in [9.17, 15) is 9.59 Å². The van der Waals surface area contributed by atoms with E-state index < -0.39 is 0 Å². The van der Waals surface area contributed by atoms with Crippen LogP contribution in [0.4, 0.5) is 5.82 Å². The number of anilines is 1. The summed E-state index contributed by atoms with van der Waals surface area (Å²) >= 11 is 3.40. The molecule has 3 rings (SSSR count). The van der Waals surface area contributed by atoms with Crippen molar-refractivity contribution in [1.82, 2.24) is 20.2 Å². The first-order chi connectivity index (χ1) is 13.8. The van der Waals surface area contributed by atoms with Gasteiger partial charge >= 0.3 is 0 Å². The molecule has 2 amide bonds. The van der Waals surface area contributed by atoms with Gasteiger partial charge in [-0.15, -0.1) is 0 Å². The number of fused-ring (bicyclic) bond motifs is 1. The van der Waals surface area contributed by atoms with Gasteiger partial charge in [0.15, 0.2) is 0 Å². The first-order valence-electron chi connectivity index (χ1n) is 9.74. The van der Waals surface area contributed by atoms with Gasteiger partial charge in [-0.05, 0) is 60.6 Å². The molecule has 0 bridgehead atoms. The summed E-state index contributed by atoms with van der Waals surface area (Å²) in [6.45, 7) is 11.3. The first-order valence-corrected chi connectivity index (χ1v) is 10.5. The highest BCUT2D eigenvalue weighted by Crippen LogP contribution is 2.34. The molecule has 2 aromatic rings. The van der Waals surface area contributed by atoms with Crippen molar-refractivity contribution in [2.24, 2.45) is 0 Å². The van der Waals surface area contributed by atoms with Crippen LogP contribution in [0.5, 0.6) is 0 Å². The Morgan fingerprint density at radius 1 is 1.31 bits per heavy atom. The summed E-state index contributed by atoms with van der Waals surface area (Å²) in [6.07, 6.45) is 3.43. The van der Waals surface area contributed by atoms with Gasteiger partial charge in [0.1, 0.15) is 5.82 Å². The van der Waals surface area contributed by atoms with Crippen molar-refractivity contribution in [2.75, 3.05) is 31.5 Å². The number of pyridine rings is 1. The Balaban J connectivity index is 1.83. The molecule has 0 saturated heterocycles. The summed E-state index contributed by atoms with van der Waals surface area (Å²) < 4.78 is 0.798. The quantitative estimate of drug-likeness (QED) is 0.553. The molecule has 3 N–H and O–H groups in total. The van der Waals surface area contributed by atoms with Crippen molar-refractivity contribution in [2.45, 2.75) is 27.7 Å². The zero-order chi connectivity index (χ0) is 21.1. The fourth-order valence-corrected chi connectivity index (χ4v) is 3.88. The molecule has 0 saturated carbocycles. The molecule has 7 nitrogen and oxygen atoms in total. The molecule has 0 radical (unpaired) electrons. The molecular formula is C21H26BrN5O2. The molecule has 0 atom stereocenters. The fourth-order valence-electron chi connectivity index (χ4n) is 3.54. The summed E-state index contributed by atoms with van der Waals surface area (Å²) in [5, 5.41) is 5.77. The van der Waals surface area contributed by atoms with E-state index in [1.807, 2.05) is 19.9 Å². The average molecular weight is 460 g/mol. The van der Waals surface area contributed by atoms with Crippen LogP contribution in [-0.2, 0) is 4.79 Å². The number of aryl methyl sites for hydroxylation is 1. The predicted octanol–water partition coefficient (Wildman–Crippen LogP) is 3.35. The molecule has 8 heteroatoms. The highest BCUT2D eigenvalue weighted by atomic mass is 79.9. The van der Waals surface area contributed by atoms with E-state index in [2.05, 4.69) is 55.3 Å². The van der Waals surface area contributed by atoms with Crippen LogP contribution in [0, 0.1) is 13.8 Å². The van der Waals surface area contributed by atoms with E-state index in [1.54, 1.807) is 12.3 Å². The lowest BCUT2D eigenvalue weighted by atomic mass is 10.0. The van der Waals surface area contributed by atoms with E-state index in [0.717, 1.165) is 46.6 Å². The highest BCUT2D eigenvalue weighted by molar-refractivity contribution is 9.10. The Kier molecular flexibility index (Phi) is 6.54. The first kappa shape index (κ1) is 21.3. The molecule has 154 valence electrons. The molecule has 0 aromatic carbocycles. The summed E-state index contributed by atoms with van der Waals surface area (Å²) in [5.74, 6) is 0.232. The smallest absolute Gasteiger partial charge is 0.257 e. The molecule has 1 aliphatic rings. The van der Waals surface area contributed by atoms with Crippen LogP contribution in [-0.4, -0.2) is 52.9 Å². The maximum atomic E-state index is 12.7. The van der Waals surface area contributed by atoms with Gasteiger partial charge in [0.25, 0.3) is 11.8 Å². The van der Waals surface area contributed by atoms with Gasteiger partial charge in [-0.1, -0.05) is 13.8 Å². The minimum atomic E-state index is -0.206. The predicted molar refractivity (Wildman–Crippen MR) is 119 cm³/mol. The lowest BCUT2D eigenvalue weighted by Gasteiger charge is -2.18. The minimum absolute atomic E-state index is 0.103. The lowest BCUT2D eigenvalue weighted by Crippen LogP contribution is -2.35. The van der Waals surface area contributed by atoms with Crippen LogP contribution in [0.1, 0.15) is 46.7 Å². The van der Waals surface area contributed by atoms with Crippen LogP contribution in [0.2, 0.25) is 0 Å². The number of hydrogen-bond acceptors (Lipinski definition) is 4. The number of carbonyl (C=O) groups is 2. The summed E-state index contributed by atoms with van der Waals surface area (Å²) in [5.41, 5.74) is 4.23. The van der Waals surface area contributed by atoms with Crippen molar-refractivity contribution < 1.29 is 9.59 Å². The number of nitrogens with zero attached hydrogens (tertiary/aromatic N) is 2. The van der Waals surface area contributed by atoms with Crippen molar-refractivity contribution in [3.63, 3.8) is 0 Å². The van der Waals surface area contributed by atoms with Crippen molar-refractivity contribution in [1.29, 1.82) is 0 Å². The van der Waals surface area contributed by atoms with Gasteiger partial charge in [0.05, 0.1) is 11.1 Å². The van der Waals surface area contributed by atoms with Crippen LogP contribution >= 0.6 is 15.9 Å². The number of aromatic amines is 1. The van der Waals surface area contributed by atoms with Crippen molar-refractivity contribution >= 4 is 45.2 Å². The van der Waals surface area contributed by atoms with Crippen LogP contribution in [0.15, 0.2) is 16.7 Å². The number of likely N-dealkylation sites (N-methyl/N-ethyl adjacent to an activating group) is 1. The Morgan fingerprint density at radius 2 is 2.03 bits per heavy atom. The number of halogens is 1. The van der Waals surface area contributed by atoms with Gasteiger partial charge in [0.2, 0.25) is 0 Å². The number of hydrogen-bond donors (Lipinski definition) is 3. The number of nitrogens with one attached hydrogen (secondary N) is 3. The van der Waals surface area contributed by atoms with Crippen LogP contribution in [0.3, 0.4) is 0 Å². The summed E-state index contributed by atoms with van der Waals surface area (Å²) in [6, 6.07) is 1.86.